The normalized spacial score (nSPS) is 27.7. The Morgan fingerprint density at radius 3 is 2.54 bits per heavy atom. The van der Waals surface area contributed by atoms with Crippen LogP contribution in [0.3, 0.4) is 0 Å². The molecule has 2 bridgehead atoms. The number of thiophene rings is 1. The van der Waals surface area contributed by atoms with Crippen LogP contribution in [-0.2, 0) is 17.6 Å². The standard InChI is InChI=1S/C17H22N4OS.ClH/c18-11-14-13-3-1-2-4-15(13)23-17(14)19-16(22)12-21-8-5-20(6-9-21)7-10-21;/h1-10,12H2;1H. The molecule has 4 heterocycles. The number of nitrogens with one attached hydrogen (secondary N) is 1. The summed E-state index contributed by atoms with van der Waals surface area (Å²) in [4.78, 5) is 16.4. The Morgan fingerprint density at radius 2 is 1.88 bits per heavy atom. The number of hydrogen-bond donors (Lipinski definition) is 1. The fourth-order valence-corrected chi connectivity index (χ4v) is 5.47. The zero-order chi connectivity index (χ0) is 15.9. The van der Waals surface area contributed by atoms with Gasteiger partial charge in [0, 0.05) is 24.5 Å². The first kappa shape index (κ1) is 17.7. The van der Waals surface area contributed by atoms with Crippen LogP contribution in [0.15, 0.2) is 0 Å². The highest BCUT2D eigenvalue weighted by molar-refractivity contribution is 7.16. The molecule has 1 aliphatic carbocycles. The number of rotatable bonds is 3. The van der Waals surface area contributed by atoms with Crippen molar-refractivity contribution in [3.05, 3.63) is 16.0 Å². The van der Waals surface area contributed by atoms with Crippen LogP contribution in [0.5, 0.6) is 0 Å². The summed E-state index contributed by atoms with van der Waals surface area (Å²) in [5.74, 6) is 0.0791. The highest BCUT2D eigenvalue weighted by Gasteiger charge is 2.40. The maximum absolute atomic E-state index is 12.6. The summed E-state index contributed by atoms with van der Waals surface area (Å²) in [7, 11) is 0. The molecule has 3 saturated heterocycles. The van der Waals surface area contributed by atoms with E-state index in [4.69, 9.17) is 0 Å². The van der Waals surface area contributed by atoms with Crippen LogP contribution in [0.1, 0.15) is 28.8 Å². The molecule has 4 aliphatic rings. The molecule has 1 aromatic heterocycles. The fraction of sp³-hybridized carbons (Fsp3) is 0.647. The third kappa shape index (κ3) is 3.18. The Kier molecular flexibility index (Phi) is 5.16. The molecule has 1 amide bonds. The van der Waals surface area contributed by atoms with E-state index in [0.717, 1.165) is 73.6 Å². The molecule has 0 saturated carbocycles. The number of quaternary nitrogens is 1. The minimum atomic E-state index is 0. The Balaban J connectivity index is 0.00000169. The van der Waals surface area contributed by atoms with Gasteiger partial charge in [0.05, 0.1) is 25.2 Å². The van der Waals surface area contributed by atoms with Crippen LogP contribution in [0.4, 0.5) is 5.00 Å². The summed E-state index contributed by atoms with van der Waals surface area (Å²) in [5, 5.41) is 13.4. The Hall–Kier alpha value is -1.13. The van der Waals surface area contributed by atoms with Crippen molar-refractivity contribution in [3.8, 4) is 6.07 Å². The number of anilines is 1. The first-order valence-electron chi connectivity index (χ1n) is 8.61. The van der Waals surface area contributed by atoms with E-state index in [2.05, 4.69) is 16.3 Å². The molecule has 0 atom stereocenters. The third-order valence-corrected chi connectivity index (χ3v) is 6.89. The number of amides is 1. The third-order valence-electron chi connectivity index (χ3n) is 5.69. The molecule has 130 valence electrons. The Bertz CT molecular complexity index is 659. The monoisotopic (exact) mass is 366 g/mol. The minimum absolute atomic E-state index is 0. The number of halogens is 1. The minimum Gasteiger partial charge on any atom is -1.00 e. The van der Waals surface area contributed by atoms with Crippen molar-refractivity contribution in [1.29, 1.82) is 5.26 Å². The van der Waals surface area contributed by atoms with Gasteiger partial charge in [-0.15, -0.1) is 11.3 Å². The number of hydrogen-bond acceptors (Lipinski definition) is 4. The highest BCUT2D eigenvalue weighted by atomic mass is 35.5. The molecule has 24 heavy (non-hydrogen) atoms. The van der Waals surface area contributed by atoms with Gasteiger partial charge >= 0.3 is 0 Å². The van der Waals surface area contributed by atoms with Gasteiger partial charge in [0.2, 0.25) is 0 Å². The fourth-order valence-electron chi connectivity index (χ4n) is 4.21. The number of carbonyl (C=O) groups is 1. The summed E-state index contributed by atoms with van der Waals surface area (Å²) >= 11 is 1.62. The summed E-state index contributed by atoms with van der Waals surface area (Å²) in [5.41, 5.74) is 1.92. The topological polar surface area (TPSA) is 56.1 Å². The number of nitrogens with zero attached hydrogens (tertiary/aromatic N) is 3. The summed E-state index contributed by atoms with van der Waals surface area (Å²) in [6.07, 6.45) is 4.39. The molecule has 5 nitrogen and oxygen atoms in total. The van der Waals surface area contributed by atoms with Crippen LogP contribution in [-0.4, -0.2) is 61.1 Å². The summed E-state index contributed by atoms with van der Waals surface area (Å²) < 4.78 is 0.926. The number of carbonyl (C=O) groups excluding carboxylic acids is 1. The molecule has 1 aromatic rings. The van der Waals surface area contributed by atoms with Crippen molar-refractivity contribution in [2.24, 2.45) is 0 Å². The second kappa shape index (κ2) is 7.01. The van der Waals surface area contributed by atoms with Gasteiger partial charge in [0.15, 0.2) is 6.54 Å². The largest absolute Gasteiger partial charge is 1.00 e. The average molecular weight is 367 g/mol. The smallest absolute Gasteiger partial charge is 0.280 e. The predicted octanol–water partition coefficient (Wildman–Crippen LogP) is -1.41. The number of nitriles is 1. The maximum atomic E-state index is 12.6. The molecule has 3 fully saturated rings. The van der Waals surface area contributed by atoms with Gasteiger partial charge in [0.1, 0.15) is 11.1 Å². The van der Waals surface area contributed by atoms with Gasteiger partial charge in [-0.1, -0.05) is 0 Å². The lowest BCUT2D eigenvalue weighted by atomic mass is 9.96. The van der Waals surface area contributed by atoms with Gasteiger partial charge < -0.3 is 22.2 Å². The van der Waals surface area contributed by atoms with E-state index in [1.165, 1.54) is 16.9 Å². The molecule has 0 spiro atoms. The maximum Gasteiger partial charge on any atom is 0.280 e. The van der Waals surface area contributed by atoms with Crippen molar-refractivity contribution in [2.45, 2.75) is 25.7 Å². The van der Waals surface area contributed by atoms with Gasteiger partial charge in [-0.05, 0) is 31.2 Å². The predicted molar refractivity (Wildman–Crippen MR) is 90.5 cm³/mol. The molecule has 0 radical (unpaired) electrons. The van der Waals surface area contributed by atoms with Crippen molar-refractivity contribution in [3.63, 3.8) is 0 Å². The van der Waals surface area contributed by atoms with E-state index < -0.39 is 0 Å². The van der Waals surface area contributed by atoms with E-state index in [9.17, 15) is 10.1 Å². The van der Waals surface area contributed by atoms with Gasteiger partial charge in [0.25, 0.3) is 5.91 Å². The summed E-state index contributed by atoms with van der Waals surface area (Å²) in [6, 6.07) is 2.33. The number of aryl methyl sites for hydroxylation is 1. The average Bonchev–Trinajstić information content (AvgIpc) is 2.92. The van der Waals surface area contributed by atoms with E-state index in [-0.39, 0.29) is 18.3 Å². The first-order chi connectivity index (χ1) is 11.2. The van der Waals surface area contributed by atoms with E-state index in [1.807, 2.05) is 0 Å². The SMILES string of the molecule is N#Cc1c(NC(=O)C[N+]23CCN(CC2)CC3)sc2c1CCCC2.[Cl-]. The van der Waals surface area contributed by atoms with Crippen molar-refractivity contribution < 1.29 is 21.7 Å². The van der Waals surface area contributed by atoms with E-state index >= 15 is 0 Å². The molecule has 5 rings (SSSR count). The zero-order valence-corrected chi connectivity index (χ0v) is 15.4. The molecule has 7 heteroatoms. The molecule has 3 aliphatic heterocycles. The van der Waals surface area contributed by atoms with E-state index in [0.29, 0.717) is 6.54 Å². The lowest BCUT2D eigenvalue weighted by Gasteiger charge is -2.50. The van der Waals surface area contributed by atoms with Gasteiger partial charge in [-0.2, -0.15) is 5.26 Å². The summed E-state index contributed by atoms with van der Waals surface area (Å²) in [6.45, 7) is 7.15. The second-order valence-electron chi connectivity index (χ2n) is 7.09. The molecule has 0 unspecified atom stereocenters. The van der Waals surface area contributed by atoms with Crippen LogP contribution >= 0.6 is 11.3 Å². The Labute approximate surface area is 153 Å². The quantitative estimate of drug-likeness (QED) is 0.669. The molecule has 0 aromatic carbocycles. The van der Waals surface area contributed by atoms with Gasteiger partial charge in [-0.3, -0.25) is 9.69 Å². The molecule has 1 N–H and O–H groups in total. The van der Waals surface area contributed by atoms with Crippen LogP contribution in [0, 0.1) is 11.3 Å². The number of fused-ring (bicyclic) bond motifs is 4. The molecular weight excluding hydrogens is 344 g/mol. The van der Waals surface area contributed by atoms with E-state index in [1.54, 1.807) is 11.3 Å². The van der Waals surface area contributed by atoms with Crippen LogP contribution in [0.2, 0.25) is 0 Å². The van der Waals surface area contributed by atoms with Crippen LogP contribution < -0.4 is 17.7 Å². The lowest BCUT2D eigenvalue weighted by molar-refractivity contribution is -0.933. The van der Waals surface area contributed by atoms with Crippen LogP contribution in [0.25, 0.3) is 0 Å². The van der Waals surface area contributed by atoms with Crippen molar-refractivity contribution in [1.82, 2.24) is 4.90 Å². The van der Waals surface area contributed by atoms with Crippen molar-refractivity contribution >= 4 is 22.2 Å². The number of piperazine rings is 3. The van der Waals surface area contributed by atoms with Crippen molar-refractivity contribution in [2.75, 3.05) is 51.1 Å². The lowest BCUT2D eigenvalue weighted by Crippen LogP contribution is -3.00. The first-order valence-corrected chi connectivity index (χ1v) is 9.43. The second-order valence-corrected chi connectivity index (χ2v) is 8.19. The van der Waals surface area contributed by atoms with Gasteiger partial charge in [-0.25, -0.2) is 0 Å². The molecular formula is C17H23ClN4OS. The Morgan fingerprint density at radius 1 is 1.21 bits per heavy atom. The highest BCUT2D eigenvalue weighted by Crippen LogP contribution is 2.37. The zero-order valence-electron chi connectivity index (χ0n) is 13.8.